The minimum Gasteiger partial charge on any atom is -0.323 e. The zero-order chi connectivity index (χ0) is 12.4. The standard InChI is InChI=1S/C13H16FN3/c1-3-11(15)13-7-16-8-17(13)12-6-10(14)5-4-9(12)2/h4-8,11H,3,15H2,1-2H3/t11-/m1/s1. The first-order valence-corrected chi connectivity index (χ1v) is 5.67. The molecule has 17 heavy (non-hydrogen) atoms. The molecule has 1 atom stereocenters. The molecule has 0 saturated heterocycles. The number of aromatic nitrogens is 2. The molecule has 0 aliphatic rings. The molecule has 2 rings (SSSR count). The van der Waals surface area contributed by atoms with E-state index in [-0.39, 0.29) is 11.9 Å². The minimum absolute atomic E-state index is 0.0832. The Labute approximate surface area is 100 Å². The lowest BCUT2D eigenvalue weighted by Crippen LogP contribution is -2.14. The SMILES string of the molecule is CC[C@@H](N)c1cncn1-c1cc(F)ccc1C. The predicted octanol–water partition coefficient (Wildman–Crippen LogP) is 2.73. The van der Waals surface area contributed by atoms with Crippen molar-refractivity contribution in [2.75, 3.05) is 0 Å². The molecule has 0 amide bonds. The molecule has 0 unspecified atom stereocenters. The van der Waals surface area contributed by atoms with E-state index in [0.29, 0.717) is 0 Å². The second-order valence-corrected chi connectivity index (χ2v) is 4.13. The maximum absolute atomic E-state index is 13.3. The number of hydrogen-bond acceptors (Lipinski definition) is 2. The highest BCUT2D eigenvalue weighted by molar-refractivity contribution is 5.42. The predicted molar refractivity (Wildman–Crippen MR) is 65.5 cm³/mol. The van der Waals surface area contributed by atoms with E-state index in [0.717, 1.165) is 23.4 Å². The van der Waals surface area contributed by atoms with E-state index in [1.807, 2.05) is 18.4 Å². The highest BCUT2D eigenvalue weighted by Crippen LogP contribution is 2.21. The third-order valence-electron chi connectivity index (χ3n) is 2.92. The van der Waals surface area contributed by atoms with Gasteiger partial charge >= 0.3 is 0 Å². The molecular formula is C13H16FN3. The maximum atomic E-state index is 13.3. The Morgan fingerprint density at radius 2 is 2.24 bits per heavy atom. The van der Waals surface area contributed by atoms with Gasteiger partial charge in [0.2, 0.25) is 0 Å². The molecule has 0 bridgehead atoms. The maximum Gasteiger partial charge on any atom is 0.125 e. The molecule has 1 aromatic heterocycles. The van der Waals surface area contributed by atoms with Crippen molar-refractivity contribution in [1.29, 1.82) is 0 Å². The van der Waals surface area contributed by atoms with Crippen molar-refractivity contribution in [2.45, 2.75) is 26.3 Å². The Balaban J connectivity index is 2.53. The van der Waals surface area contributed by atoms with Crippen molar-refractivity contribution >= 4 is 0 Å². The molecule has 2 aromatic rings. The van der Waals surface area contributed by atoms with Crippen LogP contribution in [0.2, 0.25) is 0 Å². The summed E-state index contributed by atoms with van der Waals surface area (Å²) in [5, 5.41) is 0. The molecular weight excluding hydrogens is 217 g/mol. The molecule has 4 heteroatoms. The zero-order valence-corrected chi connectivity index (χ0v) is 10.0. The lowest BCUT2D eigenvalue weighted by molar-refractivity contribution is 0.622. The van der Waals surface area contributed by atoms with Crippen LogP contribution in [0.15, 0.2) is 30.7 Å². The van der Waals surface area contributed by atoms with Gasteiger partial charge < -0.3 is 10.3 Å². The van der Waals surface area contributed by atoms with Gasteiger partial charge in [-0.2, -0.15) is 0 Å². The highest BCUT2D eigenvalue weighted by Gasteiger charge is 2.12. The molecule has 0 saturated carbocycles. The fourth-order valence-corrected chi connectivity index (χ4v) is 1.83. The van der Waals surface area contributed by atoms with Crippen LogP contribution >= 0.6 is 0 Å². The number of benzene rings is 1. The van der Waals surface area contributed by atoms with Crippen molar-refractivity contribution in [3.05, 3.63) is 47.8 Å². The van der Waals surface area contributed by atoms with Gasteiger partial charge in [-0.05, 0) is 31.0 Å². The quantitative estimate of drug-likeness (QED) is 0.885. The van der Waals surface area contributed by atoms with Crippen LogP contribution in [0.4, 0.5) is 4.39 Å². The number of aryl methyl sites for hydroxylation is 1. The van der Waals surface area contributed by atoms with Gasteiger partial charge in [0.25, 0.3) is 0 Å². The summed E-state index contributed by atoms with van der Waals surface area (Å²) < 4.78 is 15.1. The van der Waals surface area contributed by atoms with Gasteiger partial charge in [0.05, 0.1) is 23.9 Å². The average Bonchev–Trinajstić information content (AvgIpc) is 2.80. The van der Waals surface area contributed by atoms with Gasteiger partial charge in [-0.3, -0.25) is 0 Å². The van der Waals surface area contributed by atoms with E-state index in [1.165, 1.54) is 12.1 Å². The molecule has 0 aliphatic carbocycles. The van der Waals surface area contributed by atoms with Crippen LogP contribution in [0.5, 0.6) is 0 Å². The monoisotopic (exact) mass is 233 g/mol. The normalized spacial score (nSPS) is 12.7. The van der Waals surface area contributed by atoms with Crippen LogP contribution < -0.4 is 5.73 Å². The fourth-order valence-electron chi connectivity index (χ4n) is 1.83. The van der Waals surface area contributed by atoms with Crippen LogP contribution in [-0.2, 0) is 0 Å². The molecule has 0 spiro atoms. The van der Waals surface area contributed by atoms with Crippen LogP contribution in [0.3, 0.4) is 0 Å². The topological polar surface area (TPSA) is 43.8 Å². The Hall–Kier alpha value is -1.68. The molecule has 2 N–H and O–H groups in total. The molecule has 1 aromatic carbocycles. The van der Waals surface area contributed by atoms with Crippen molar-refractivity contribution in [3.63, 3.8) is 0 Å². The summed E-state index contributed by atoms with van der Waals surface area (Å²) in [5.74, 6) is -0.254. The highest BCUT2D eigenvalue weighted by atomic mass is 19.1. The Morgan fingerprint density at radius 1 is 1.47 bits per heavy atom. The largest absolute Gasteiger partial charge is 0.323 e. The smallest absolute Gasteiger partial charge is 0.125 e. The summed E-state index contributed by atoms with van der Waals surface area (Å²) in [4.78, 5) is 4.10. The van der Waals surface area contributed by atoms with E-state index in [2.05, 4.69) is 4.98 Å². The molecule has 1 heterocycles. The third kappa shape index (κ3) is 2.22. The summed E-state index contributed by atoms with van der Waals surface area (Å²) in [5.41, 5.74) is 8.70. The van der Waals surface area contributed by atoms with Crippen molar-refractivity contribution < 1.29 is 4.39 Å². The summed E-state index contributed by atoms with van der Waals surface area (Å²) in [6.07, 6.45) is 4.23. The van der Waals surface area contributed by atoms with Crippen LogP contribution in [0.25, 0.3) is 5.69 Å². The van der Waals surface area contributed by atoms with E-state index in [1.54, 1.807) is 18.6 Å². The first-order valence-electron chi connectivity index (χ1n) is 5.67. The number of hydrogen-bond donors (Lipinski definition) is 1. The Kier molecular flexibility index (Phi) is 3.24. The number of nitrogens with zero attached hydrogens (tertiary/aromatic N) is 2. The van der Waals surface area contributed by atoms with Crippen molar-refractivity contribution in [2.24, 2.45) is 5.73 Å². The summed E-state index contributed by atoms with van der Waals surface area (Å²) in [7, 11) is 0. The Bertz CT molecular complexity index is 519. The van der Waals surface area contributed by atoms with Gasteiger partial charge in [-0.1, -0.05) is 13.0 Å². The Morgan fingerprint density at radius 3 is 2.94 bits per heavy atom. The number of rotatable bonds is 3. The minimum atomic E-state index is -0.254. The summed E-state index contributed by atoms with van der Waals surface area (Å²) >= 11 is 0. The molecule has 0 radical (unpaired) electrons. The number of imidazole rings is 1. The number of halogens is 1. The van der Waals surface area contributed by atoms with Crippen LogP contribution in [-0.4, -0.2) is 9.55 Å². The lowest BCUT2D eigenvalue weighted by atomic mass is 10.1. The summed E-state index contributed by atoms with van der Waals surface area (Å²) in [6.45, 7) is 3.95. The lowest BCUT2D eigenvalue weighted by Gasteiger charge is -2.14. The van der Waals surface area contributed by atoms with Gasteiger partial charge in [-0.25, -0.2) is 9.37 Å². The molecule has 0 aliphatic heterocycles. The van der Waals surface area contributed by atoms with E-state index in [9.17, 15) is 4.39 Å². The second kappa shape index (κ2) is 4.67. The van der Waals surface area contributed by atoms with E-state index >= 15 is 0 Å². The van der Waals surface area contributed by atoms with Gasteiger partial charge in [-0.15, -0.1) is 0 Å². The number of nitrogens with two attached hydrogens (primary N) is 1. The van der Waals surface area contributed by atoms with E-state index in [4.69, 9.17) is 5.73 Å². The third-order valence-corrected chi connectivity index (χ3v) is 2.92. The first-order chi connectivity index (χ1) is 8.13. The van der Waals surface area contributed by atoms with Crippen molar-refractivity contribution in [3.8, 4) is 5.69 Å². The molecule has 3 nitrogen and oxygen atoms in total. The zero-order valence-electron chi connectivity index (χ0n) is 10.0. The fraction of sp³-hybridized carbons (Fsp3) is 0.308. The summed E-state index contributed by atoms with van der Waals surface area (Å²) in [6, 6.07) is 4.63. The van der Waals surface area contributed by atoms with E-state index < -0.39 is 0 Å². The van der Waals surface area contributed by atoms with Crippen molar-refractivity contribution in [1.82, 2.24) is 9.55 Å². The van der Waals surface area contributed by atoms with Gasteiger partial charge in [0.1, 0.15) is 5.82 Å². The second-order valence-electron chi connectivity index (χ2n) is 4.13. The first kappa shape index (κ1) is 11.8. The molecule has 0 fully saturated rings. The van der Waals surface area contributed by atoms with Crippen LogP contribution in [0.1, 0.15) is 30.6 Å². The van der Waals surface area contributed by atoms with Crippen LogP contribution in [0, 0.1) is 12.7 Å². The molecule has 90 valence electrons. The van der Waals surface area contributed by atoms with Gasteiger partial charge in [0, 0.05) is 6.04 Å². The average molecular weight is 233 g/mol. The van der Waals surface area contributed by atoms with Gasteiger partial charge in [0.15, 0.2) is 0 Å².